The van der Waals surface area contributed by atoms with E-state index in [-0.39, 0.29) is 0 Å². The molecule has 0 fully saturated rings. The van der Waals surface area contributed by atoms with Crippen LogP contribution in [0.15, 0.2) is 24.8 Å². The average molecular weight is 283 g/mol. The maximum Gasteiger partial charge on any atom is 0.412 e. The molecule has 0 bridgehead atoms. The van der Waals surface area contributed by atoms with Crippen LogP contribution in [0.3, 0.4) is 0 Å². The number of halogens is 1. The molecule has 1 amide bonds. The van der Waals surface area contributed by atoms with Crippen LogP contribution in [0.25, 0.3) is 5.57 Å². The molecule has 104 valence electrons. The molecule has 4 nitrogen and oxygen atoms in total. The van der Waals surface area contributed by atoms with Gasteiger partial charge in [0.1, 0.15) is 5.60 Å². The first-order chi connectivity index (χ1) is 8.73. The maximum absolute atomic E-state index is 11.8. The number of hydrogen-bond acceptors (Lipinski definition) is 3. The third-order valence-corrected chi connectivity index (χ3v) is 2.48. The SMILES string of the molecule is C=C(CN)c1ccc(Cl)cc1NC(=O)OC(C)(C)C. The van der Waals surface area contributed by atoms with E-state index in [1.807, 2.05) is 0 Å². The number of rotatable bonds is 3. The summed E-state index contributed by atoms with van der Waals surface area (Å²) in [6, 6.07) is 5.13. The number of carbonyl (C=O) groups is 1. The topological polar surface area (TPSA) is 64.3 Å². The van der Waals surface area contributed by atoms with Crippen LogP contribution < -0.4 is 11.1 Å². The molecular weight excluding hydrogens is 264 g/mol. The molecular formula is C14H19ClN2O2. The Hall–Kier alpha value is -1.52. The number of benzene rings is 1. The molecule has 19 heavy (non-hydrogen) atoms. The zero-order valence-electron chi connectivity index (χ0n) is 11.4. The first kappa shape index (κ1) is 15.5. The van der Waals surface area contributed by atoms with Gasteiger partial charge in [-0.1, -0.05) is 24.2 Å². The largest absolute Gasteiger partial charge is 0.444 e. The number of carbonyl (C=O) groups excluding carboxylic acids is 1. The molecule has 0 saturated heterocycles. The van der Waals surface area contributed by atoms with Crippen molar-refractivity contribution in [3.63, 3.8) is 0 Å². The highest BCUT2D eigenvalue weighted by molar-refractivity contribution is 6.31. The predicted octanol–water partition coefficient (Wildman–Crippen LogP) is 3.66. The van der Waals surface area contributed by atoms with Crippen molar-refractivity contribution in [2.75, 3.05) is 11.9 Å². The number of nitrogens with one attached hydrogen (secondary N) is 1. The summed E-state index contributed by atoms with van der Waals surface area (Å²) >= 11 is 5.93. The van der Waals surface area contributed by atoms with Crippen molar-refractivity contribution in [3.05, 3.63) is 35.4 Å². The summed E-state index contributed by atoms with van der Waals surface area (Å²) in [5, 5.41) is 3.17. The zero-order valence-corrected chi connectivity index (χ0v) is 12.2. The molecule has 0 aromatic heterocycles. The Labute approximate surface area is 118 Å². The normalized spacial score (nSPS) is 11.0. The van der Waals surface area contributed by atoms with E-state index in [9.17, 15) is 4.79 Å². The molecule has 1 aromatic carbocycles. The van der Waals surface area contributed by atoms with Gasteiger partial charge in [-0.3, -0.25) is 5.32 Å². The summed E-state index contributed by atoms with van der Waals surface area (Å²) in [4.78, 5) is 11.8. The van der Waals surface area contributed by atoms with Crippen molar-refractivity contribution in [2.45, 2.75) is 26.4 Å². The van der Waals surface area contributed by atoms with Gasteiger partial charge >= 0.3 is 6.09 Å². The van der Waals surface area contributed by atoms with E-state index in [0.29, 0.717) is 22.8 Å². The standard InChI is InChI=1S/C14H19ClN2O2/c1-9(8-16)11-6-5-10(15)7-12(11)17-13(18)19-14(2,3)4/h5-7H,1,8,16H2,2-4H3,(H,17,18). The van der Waals surface area contributed by atoms with Crippen molar-refractivity contribution < 1.29 is 9.53 Å². The quantitative estimate of drug-likeness (QED) is 0.889. The van der Waals surface area contributed by atoms with Gasteiger partial charge in [0.2, 0.25) is 0 Å². The highest BCUT2D eigenvalue weighted by Crippen LogP contribution is 2.26. The van der Waals surface area contributed by atoms with Gasteiger partial charge in [-0.05, 0) is 38.5 Å². The summed E-state index contributed by atoms with van der Waals surface area (Å²) in [6.07, 6.45) is -0.541. The number of anilines is 1. The molecule has 5 heteroatoms. The van der Waals surface area contributed by atoms with Crippen molar-refractivity contribution in [1.82, 2.24) is 0 Å². The van der Waals surface area contributed by atoms with Gasteiger partial charge in [0, 0.05) is 17.1 Å². The Morgan fingerprint density at radius 3 is 2.63 bits per heavy atom. The van der Waals surface area contributed by atoms with E-state index < -0.39 is 11.7 Å². The second-order valence-corrected chi connectivity index (χ2v) is 5.56. The summed E-state index contributed by atoms with van der Waals surface area (Å²) in [7, 11) is 0. The van der Waals surface area contributed by atoms with Gasteiger partial charge in [0.25, 0.3) is 0 Å². The van der Waals surface area contributed by atoms with E-state index in [4.69, 9.17) is 22.1 Å². The first-order valence-electron chi connectivity index (χ1n) is 5.90. The number of hydrogen-bond donors (Lipinski definition) is 2. The molecule has 0 saturated carbocycles. The lowest BCUT2D eigenvalue weighted by atomic mass is 10.1. The van der Waals surface area contributed by atoms with Gasteiger partial charge in [0.15, 0.2) is 0 Å². The van der Waals surface area contributed by atoms with Crippen molar-refractivity contribution in [2.24, 2.45) is 5.73 Å². The number of ether oxygens (including phenoxy) is 1. The molecule has 0 spiro atoms. The lowest BCUT2D eigenvalue weighted by molar-refractivity contribution is 0.0636. The fraction of sp³-hybridized carbons (Fsp3) is 0.357. The smallest absolute Gasteiger partial charge is 0.412 e. The predicted molar refractivity (Wildman–Crippen MR) is 79.4 cm³/mol. The van der Waals surface area contributed by atoms with Crippen LogP contribution in [0.1, 0.15) is 26.3 Å². The second-order valence-electron chi connectivity index (χ2n) is 5.12. The van der Waals surface area contributed by atoms with Crippen LogP contribution in [0, 0.1) is 0 Å². The number of amides is 1. The minimum atomic E-state index is -0.562. The van der Waals surface area contributed by atoms with Crippen LogP contribution in [0.2, 0.25) is 5.02 Å². The van der Waals surface area contributed by atoms with Crippen molar-refractivity contribution >= 4 is 29.0 Å². The molecule has 0 radical (unpaired) electrons. The van der Waals surface area contributed by atoms with Crippen LogP contribution in [0.5, 0.6) is 0 Å². The van der Waals surface area contributed by atoms with Crippen LogP contribution in [-0.2, 0) is 4.74 Å². The molecule has 3 N–H and O–H groups in total. The van der Waals surface area contributed by atoms with Crippen LogP contribution >= 0.6 is 11.6 Å². The third kappa shape index (κ3) is 4.93. The summed E-state index contributed by atoms with van der Waals surface area (Å²) in [5.41, 5.74) is 7.00. The molecule has 0 aliphatic heterocycles. The molecule has 0 heterocycles. The van der Waals surface area contributed by atoms with Gasteiger partial charge in [-0.2, -0.15) is 0 Å². The minimum absolute atomic E-state index is 0.296. The Balaban J connectivity index is 2.96. The van der Waals surface area contributed by atoms with Crippen molar-refractivity contribution in [1.29, 1.82) is 0 Å². The summed E-state index contributed by atoms with van der Waals surface area (Å²) < 4.78 is 5.20. The van der Waals surface area contributed by atoms with Gasteiger partial charge in [-0.25, -0.2) is 4.79 Å². The molecule has 0 aliphatic carbocycles. The summed E-state index contributed by atoms with van der Waals surface area (Å²) in [6.45, 7) is 9.54. The van der Waals surface area contributed by atoms with E-state index in [0.717, 1.165) is 5.56 Å². The Morgan fingerprint density at radius 2 is 2.11 bits per heavy atom. The molecule has 0 aliphatic rings. The summed E-state index contributed by atoms with van der Waals surface area (Å²) in [5.74, 6) is 0. The molecule has 1 aromatic rings. The van der Waals surface area contributed by atoms with Gasteiger partial charge < -0.3 is 10.5 Å². The number of nitrogens with two attached hydrogens (primary N) is 1. The maximum atomic E-state index is 11.8. The third-order valence-electron chi connectivity index (χ3n) is 2.24. The van der Waals surface area contributed by atoms with Crippen LogP contribution in [0.4, 0.5) is 10.5 Å². The molecule has 0 unspecified atom stereocenters. The Bertz CT molecular complexity index is 493. The minimum Gasteiger partial charge on any atom is -0.444 e. The Morgan fingerprint density at radius 1 is 1.47 bits per heavy atom. The fourth-order valence-corrected chi connectivity index (χ4v) is 1.62. The van der Waals surface area contributed by atoms with E-state index in [2.05, 4.69) is 11.9 Å². The van der Waals surface area contributed by atoms with E-state index in [1.54, 1.807) is 39.0 Å². The highest BCUT2D eigenvalue weighted by Gasteiger charge is 2.17. The lowest BCUT2D eigenvalue weighted by Crippen LogP contribution is -2.27. The zero-order chi connectivity index (χ0) is 14.6. The molecule has 0 atom stereocenters. The second kappa shape index (κ2) is 6.08. The molecule has 1 rings (SSSR count). The fourth-order valence-electron chi connectivity index (χ4n) is 1.45. The van der Waals surface area contributed by atoms with Crippen molar-refractivity contribution in [3.8, 4) is 0 Å². The monoisotopic (exact) mass is 282 g/mol. The highest BCUT2D eigenvalue weighted by atomic mass is 35.5. The first-order valence-corrected chi connectivity index (χ1v) is 6.28. The van der Waals surface area contributed by atoms with Gasteiger partial charge in [0.05, 0.1) is 5.69 Å². The average Bonchev–Trinajstić information content (AvgIpc) is 2.25. The van der Waals surface area contributed by atoms with E-state index in [1.165, 1.54) is 0 Å². The van der Waals surface area contributed by atoms with Gasteiger partial charge in [-0.15, -0.1) is 0 Å². The van der Waals surface area contributed by atoms with Crippen LogP contribution in [-0.4, -0.2) is 18.2 Å². The van der Waals surface area contributed by atoms with E-state index >= 15 is 0 Å². The Kier molecular flexibility index (Phi) is 4.97. The lowest BCUT2D eigenvalue weighted by Gasteiger charge is -2.20.